The van der Waals surface area contributed by atoms with Crippen LogP contribution in [-0.2, 0) is 4.79 Å². The highest BCUT2D eigenvalue weighted by atomic mass is 16.4. The Morgan fingerprint density at radius 2 is 1.60 bits per heavy atom. The molecule has 0 atom stereocenters. The Morgan fingerprint density at radius 1 is 0.960 bits per heavy atom. The zero-order valence-electron chi connectivity index (χ0n) is 14.4. The molecule has 0 spiro atoms. The maximum atomic E-state index is 12.3. The molecule has 25 heavy (non-hydrogen) atoms. The van der Waals surface area contributed by atoms with Crippen LogP contribution < -0.4 is 5.43 Å². The van der Waals surface area contributed by atoms with E-state index in [2.05, 4.69) is 24.4 Å². The lowest BCUT2D eigenvalue weighted by Gasteiger charge is -2.08. The largest absolute Gasteiger partial charge is 0.481 e. The monoisotopic (exact) mass is 338 g/mol. The van der Waals surface area contributed by atoms with Gasteiger partial charge in [-0.05, 0) is 29.2 Å². The van der Waals surface area contributed by atoms with Crippen LogP contribution in [0.5, 0.6) is 0 Å². The number of aliphatic carboxylic acids is 1. The minimum atomic E-state index is -0.903. The quantitative estimate of drug-likeness (QED) is 0.595. The molecule has 0 aliphatic rings. The third-order valence-corrected chi connectivity index (χ3v) is 3.81. The first-order valence-electron chi connectivity index (χ1n) is 8.21. The van der Waals surface area contributed by atoms with Crippen molar-refractivity contribution in [3.8, 4) is 0 Å². The van der Waals surface area contributed by atoms with E-state index >= 15 is 0 Å². The number of hydrogen-bond donors (Lipinski definition) is 2. The maximum Gasteiger partial charge on any atom is 0.303 e. The van der Waals surface area contributed by atoms with Gasteiger partial charge in [-0.2, -0.15) is 5.10 Å². The summed E-state index contributed by atoms with van der Waals surface area (Å²) in [6, 6.07) is 16.6. The third-order valence-electron chi connectivity index (χ3n) is 3.81. The first kappa shape index (κ1) is 18.4. The van der Waals surface area contributed by atoms with Gasteiger partial charge < -0.3 is 5.11 Å². The van der Waals surface area contributed by atoms with Crippen LogP contribution in [0.3, 0.4) is 0 Å². The molecule has 0 aliphatic heterocycles. The Hall–Kier alpha value is -2.95. The number of rotatable bonds is 7. The SMILES string of the molecule is CC(C)c1ccc(C(=O)N/N=C(\CCC(=O)O)c2ccccc2)cc1. The average molecular weight is 338 g/mol. The molecule has 5 heteroatoms. The van der Waals surface area contributed by atoms with Gasteiger partial charge in [0.2, 0.25) is 0 Å². The Labute approximate surface area is 147 Å². The van der Waals surface area contributed by atoms with Crippen LogP contribution in [-0.4, -0.2) is 22.7 Å². The first-order valence-corrected chi connectivity index (χ1v) is 8.21. The summed E-state index contributed by atoms with van der Waals surface area (Å²) < 4.78 is 0. The number of carboxylic acids is 1. The number of benzene rings is 2. The molecule has 0 aromatic heterocycles. The minimum Gasteiger partial charge on any atom is -0.481 e. The van der Waals surface area contributed by atoms with Crippen LogP contribution in [0.25, 0.3) is 0 Å². The number of nitrogens with one attached hydrogen (secondary N) is 1. The lowest BCUT2D eigenvalue weighted by molar-refractivity contribution is -0.136. The second-order valence-corrected chi connectivity index (χ2v) is 6.04. The number of carbonyl (C=O) groups excluding carboxylic acids is 1. The molecule has 130 valence electrons. The fourth-order valence-corrected chi connectivity index (χ4v) is 2.32. The summed E-state index contributed by atoms with van der Waals surface area (Å²) in [7, 11) is 0. The summed E-state index contributed by atoms with van der Waals surface area (Å²) in [6.07, 6.45) is 0.193. The van der Waals surface area contributed by atoms with E-state index in [0.717, 1.165) is 11.1 Å². The normalized spacial score (nSPS) is 11.4. The van der Waals surface area contributed by atoms with Crippen LogP contribution in [0.1, 0.15) is 54.1 Å². The highest BCUT2D eigenvalue weighted by molar-refractivity contribution is 6.03. The van der Waals surface area contributed by atoms with Crippen LogP contribution in [0.4, 0.5) is 0 Å². The van der Waals surface area contributed by atoms with Crippen molar-refractivity contribution in [2.45, 2.75) is 32.6 Å². The van der Waals surface area contributed by atoms with Gasteiger partial charge in [-0.1, -0.05) is 56.3 Å². The smallest absolute Gasteiger partial charge is 0.303 e. The van der Waals surface area contributed by atoms with Gasteiger partial charge in [0.25, 0.3) is 5.91 Å². The van der Waals surface area contributed by atoms with Crippen LogP contribution in [0, 0.1) is 0 Å². The Bertz CT molecular complexity index is 750. The summed E-state index contributed by atoms with van der Waals surface area (Å²) in [5.41, 5.74) is 5.53. The zero-order valence-corrected chi connectivity index (χ0v) is 14.4. The number of carbonyl (C=O) groups is 2. The van der Waals surface area contributed by atoms with Crippen LogP contribution in [0.15, 0.2) is 59.7 Å². The second-order valence-electron chi connectivity index (χ2n) is 6.04. The Balaban J connectivity index is 2.13. The summed E-state index contributed by atoms with van der Waals surface area (Å²) >= 11 is 0. The van der Waals surface area contributed by atoms with Crippen molar-refractivity contribution in [2.75, 3.05) is 0 Å². The predicted molar refractivity (Wildman–Crippen MR) is 97.8 cm³/mol. The van der Waals surface area contributed by atoms with Crippen molar-refractivity contribution in [3.63, 3.8) is 0 Å². The molecule has 0 saturated heterocycles. The Kier molecular flexibility index (Phi) is 6.46. The molecule has 2 rings (SSSR count). The second kappa shape index (κ2) is 8.78. The standard InChI is InChI=1S/C20H22N2O3/c1-14(2)15-8-10-17(11-9-15)20(25)22-21-18(12-13-19(23)24)16-6-4-3-5-7-16/h3-11,14H,12-13H2,1-2H3,(H,22,25)(H,23,24)/b21-18+. The molecule has 0 radical (unpaired) electrons. The predicted octanol–water partition coefficient (Wildman–Crippen LogP) is 3.81. The molecule has 0 heterocycles. The topological polar surface area (TPSA) is 78.8 Å². The molecular weight excluding hydrogens is 316 g/mol. The van der Waals surface area contributed by atoms with Crippen molar-refractivity contribution in [1.82, 2.24) is 5.43 Å². The van der Waals surface area contributed by atoms with E-state index in [1.54, 1.807) is 12.1 Å². The fourth-order valence-electron chi connectivity index (χ4n) is 2.32. The van der Waals surface area contributed by atoms with Gasteiger partial charge in [-0.3, -0.25) is 9.59 Å². The number of hydrogen-bond acceptors (Lipinski definition) is 3. The lowest BCUT2D eigenvalue weighted by atomic mass is 10.0. The molecule has 1 amide bonds. The van der Waals surface area contributed by atoms with Gasteiger partial charge in [0, 0.05) is 12.0 Å². The molecule has 0 unspecified atom stereocenters. The molecule has 0 aliphatic carbocycles. The van der Waals surface area contributed by atoms with Gasteiger partial charge in [0.1, 0.15) is 0 Å². The zero-order chi connectivity index (χ0) is 18.2. The number of hydrazone groups is 1. The van der Waals surface area contributed by atoms with Gasteiger partial charge in [0.15, 0.2) is 0 Å². The molecule has 2 N–H and O–H groups in total. The highest BCUT2D eigenvalue weighted by Crippen LogP contribution is 2.14. The van der Waals surface area contributed by atoms with Crippen molar-refractivity contribution in [1.29, 1.82) is 0 Å². The van der Waals surface area contributed by atoms with E-state index in [-0.39, 0.29) is 18.7 Å². The fraction of sp³-hybridized carbons (Fsp3) is 0.250. The van der Waals surface area contributed by atoms with E-state index in [1.807, 2.05) is 42.5 Å². The highest BCUT2D eigenvalue weighted by Gasteiger charge is 2.09. The molecule has 0 fully saturated rings. The van der Waals surface area contributed by atoms with Gasteiger partial charge in [-0.25, -0.2) is 5.43 Å². The van der Waals surface area contributed by atoms with Gasteiger partial charge in [0.05, 0.1) is 12.1 Å². The summed E-state index contributed by atoms with van der Waals surface area (Å²) in [5, 5.41) is 13.0. The number of carboxylic acid groups (broad SMARTS) is 1. The Morgan fingerprint density at radius 3 is 2.16 bits per heavy atom. The van der Waals surface area contributed by atoms with Gasteiger partial charge in [-0.15, -0.1) is 0 Å². The van der Waals surface area contributed by atoms with E-state index in [0.29, 0.717) is 17.2 Å². The van der Waals surface area contributed by atoms with E-state index < -0.39 is 5.97 Å². The van der Waals surface area contributed by atoms with Crippen molar-refractivity contribution < 1.29 is 14.7 Å². The summed E-state index contributed by atoms with van der Waals surface area (Å²) in [6.45, 7) is 4.18. The molecule has 2 aromatic rings. The van der Waals surface area contributed by atoms with E-state index in [9.17, 15) is 9.59 Å². The van der Waals surface area contributed by atoms with Crippen molar-refractivity contribution >= 4 is 17.6 Å². The summed E-state index contributed by atoms with van der Waals surface area (Å²) in [4.78, 5) is 23.1. The molecule has 0 saturated carbocycles. The maximum absolute atomic E-state index is 12.3. The summed E-state index contributed by atoms with van der Waals surface area (Å²) in [5.74, 6) is -0.825. The molecule has 0 bridgehead atoms. The van der Waals surface area contributed by atoms with E-state index in [1.165, 1.54) is 0 Å². The average Bonchev–Trinajstić information content (AvgIpc) is 2.62. The van der Waals surface area contributed by atoms with Crippen LogP contribution in [0.2, 0.25) is 0 Å². The first-order chi connectivity index (χ1) is 12.0. The van der Waals surface area contributed by atoms with Crippen molar-refractivity contribution in [2.24, 2.45) is 5.10 Å². The molecule has 5 nitrogen and oxygen atoms in total. The van der Waals surface area contributed by atoms with E-state index in [4.69, 9.17) is 5.11 Å². The van der Waals surface area contributed by atoms with Crippen molar-refractivity contribution in [3.05, 3.63) is 71.3 Å². The third kappa shape index (κ3) is 5.57. The molecular formula is C20H22N2O3. The van der Waals surface area contributed by atoms with Crippen LogP contribution >= 0.6 is 0 Å². The molecule has 2 aromatic carbocycles. The number of amides is 1. The van der Waals surface area contributed by atoms with Gasteiger partial charge >= 0.3 is 5.97 Å². The number of nitrogens with zero attached hydrogens (tertiary/aromatic N) is 1. The lowest BCUT2D eigenvalue weighted by Crippen LogP contribution is -2.20. The minimum absolute atomic E-state index is 0.0489.